The van der Waals surface area contributed by atoms with Gasteiger partial charge in [-0.1, -0.05) is 12.2 Å². The Morgan fingerprint density at radius 2 is 2.40 bits per heavy atom. The van der Waals surface area contributed by atoms with E-state index in [2.05, 4.69) is 28.4 Å². The molecule has 0 saturated carbocycles. The fourth-order valence-electron chi connectivity index (χ4n) is 1.25. The summed E-state index contributed by atoms with van der Waals surface area (Å²) in [6.07, 6.45) is 6.47. The first-order valence-electron chi connectivity index (χ1n) is 3.28. The van der Waals surface area contributed by atoms with Crippen LogP contribution in [0, 0.1) is 0 Å². The molecule has 3 heteroatoms. The molecule has 0 unspecified atom stereocenters. The SMILES string of the molecule is C1=CCN2CNCC2=C1.Cl. The first-order chi connectivity index (χ1) is 4.47. The zero-order valence-electron chi connectivity index (χ0n) is 5.71. The molecule has 2 heterocycles. The predicted molar refractivity (Wildman–Crippen MR) is 44.0 cm³/mol. The van der Waals surface area contributed by atoms with E-state index in [-0.39, 0.29) is 12.4 Å². The highest BCUT2D eigenvalue weighted by atomic mass is 35.5. The molecule has 2 nitrogen and oxygen atoms in total. The molecule has 1 N–H and O–H groups in total. The van der Waals surface area contributed by atoms with E-state index in [1.807, 2.05) is 0 Å². The van der Waals surface area contributed by atoms with E-state index in [0.29, 0.717) is 0 Å². The normalized spacial score (nSPS) is 21.6. The van der Waals surface area contributed by atoms with E-state index in [4.69, 9.17) is 0 Å². The van der Waals surface area contributed by atoms with E-state index < -0.39 is 0 Å². The number of nitrogens with one attached hydrogen (secondary N) is 1. The zero-order chi connectivity index (χ0) is 6.10. The van der Waals surface area contributed by atoms with Crippen molar-refractivity contribution in [3.8, 4) is 0 Å². The van der Waals surface area contributed by atoms with Gasteiger partial charge in [0.2, 0.25) is 0 Å². The van der Waals surface area contributed by atoms with Crippen LogP contribution in [0.5, 0.6) is 0 Å². The van der Waals surface area contributed by atoms with Gasteiger partial charge in [-0.2, -0.15) is 0 Å². The molecular weight excluding hydrogens is 148 g/mol. The minimum Gasteiger partial charge on any atom is -0.357 e. The Kier molecular flexibility index (Phi) is 2.35. The zero-order valence-corrected chi connectivity index (χ0v) is 6.53. The van der Waals surface area contributed by atoms with Crippen LogP contribution in [-0.4, -0.2) is 24.7 Å². The number of fused-ring (bicyclic) bond motifs is 1. The molecule has 0 radical (unpaired) electrons. The van der Waals surface area contributed by atoms with Crippen LogP contribution < -0.4 is 5.32 Å². The first-order valence-corrected chi connectivity index (χ1v) is 3.28. The Hall–Kier alpha value is -0.470. The molecule has 0 amide bonds. The maximum absolute atomic E-state index is 3.28. The number of nitrogens with zero attached hydrogens (tertiary/aromatic N) is 1. The fourth-order valence-corrected chi connectivity index (χ4v) is 1.25. The molecule has 1 fully saturated rings. The minimum atomic E-state index is 0. The van der Waals surface area contributed by atoms with Crippen LogP contribution in [0.25, 0.3) is 0 Å². The van der Waals surface area contributed by atoms with Gasteiger partial charge in [-0.3, -0.25) is 5.32 Å². The van der Waals surface area contributed by atoms with Gasteiger partial charge >= 0.3 is 0 Å². The van der Waals surface area contributed by atoms with Crippen LogP contribution in [0.15, 0.2) is 23.9 Å². The summed E-state index contributed by atoms with van der Waals surface area (Å²) >= 11 is 0. The highest BCUT2D eigenvalue weighted by molar-refractivity contribution is 5.85. The summed E-state index contributed by atoms with van der Waals surface area (Å²) in [5, 5.41) is 3.28. The highest BCUT2D eigenvalue weighted by Crippen LogP contribution is 2.11. The Morgan fingerprint density at radius 1 is 1.50 bits per heavy atom. The van der Waals surface area contributed by atoms with Gasteiger partial charge in [-0.05, 0) is 6.08 Å². The molecule has 0 atom stereocenters. The lowest BCUT2D eigenvalue weighted by Crippen LogP contribution is -2.22. The second-order valence-electron chi connectivity index (χ2n) is 2.39. The molecule has 10 heavy (non-hydrogen) atoms. The van der Waals surface area contributed by atoms with Gasteiger partial charge in [-0.15, -0.1) is 12.4 Å². The summed E-state index contributed by atoms with van der Waals surface area (Å²) in [6, 6.07) is 0. The van der Waals surface area contributed by atoms with Crippen LogP contribution in [0.2, 0.25) is 0 Å². The van der Waals surface area contributed by atoms with Crippen LogP contribution >= 0.6 is 12.4 Å². The lowest BCUT2D eigenvalue weighted by atomic mass is 10.3. The average molecular weight is 159 g/mol. The molecule has 2 aliphatic rings. The average Bonchev–Trinajstić information content (AvgIpc) is 2.33. The number of allylic oxidation sites excluding steroid dienone is 2. The highest BCUT2D eigenvalue weighted by Gasteiger charge is 2.14. The number of halogens is 1. The Balaban J connectivity index is 0.000000500. The summed E-state index contributed by atoms with van der Waals surface area (Å²) in [5.41, 5.74) is 1.43. The molecule has 0 bridgehead atoms. The molecule has 56 valence electrons. The Morgan fingerprint density at radius 3 is 3.20 bits per heavy atom. The van der Waals surface area contributed by atoms with Crippen LogP contribution in [0.1, 0.15) is 0 Å². The molecule has 2 rings (SSSR count). The Bertz CT molecular complexity index is 174. The van der Waals surface area contributed by atoms with Gasteiger partial charge < -0.3 is 4.90 Å². The van der Waals surface area contributed by atoms with Crippen molar-refractivity contribution < 1.29 is 0 Å². The number of rotatable bonds is 0. The van der Waals surface area contributed by atoms with Crippen molar-refractivity contribution in [1.82, 2.24) is 10.2 Å². The van der Waals surface area contributed by atoms with Crippen molar-refractivity contribution >= 4 is 12.4 Å². The summed E-state index contributed by atoms with van der Waals surface area (Å²) in [5.74, 6) is 0. The topological polar surface area (TPSA) is 15.3 Å². The lowest BCUT2D eigenvalue weighted by Gasteiger charge is -2.18. The fraction of sp³-hybridized carbons (Fsp3) is 0.429. The molecule has 1 saturated heterocycles. The second kappa shape index (κ2) is 3.08. The van der Waals surface area contributed by atoms with Gasteiger partial charge in [0.15, 0.2) is 0 Å². The van der Waals surface area contributed by atoms with E-state index in [9.17, 15) is 0 Å². The van der Waals surface area contributed by atoms with E-state index >= 15 is 0 Å². The number of hydrogen-bond donors (Lipinski definition) is 1. The standard InChI is InChI=1S/C7H10N2.ClH/c1-2-4-9-6-8-5-7(9)3-1;/h1-3,8H,4-6H2;1H. The molecule has 0 aliphatic carbocycles. The summed E-state index contributed by atoms with van der Waals surface area (Å²) in [7, 11) is 0. The smallest absolute Gasteiger partial charge is 0.0686 e. The molecular formula is C7H11ClN2. The van der Waals surface area contributed by atoms with Crippen molar-refractivity contribution in [3.63, 3.8) is 0 Å². The van der Waals surface area contributed by atoms with Crippen molar-refractivity contribution in [2.45, 2.75) is 0 Å². The van der Waals surface area contributed by atoms with Crippen molar-refractivity contribution in [1.29, 1.82) is 0 Å². The van der Waals surface area contributed by atoms with Crippen LogP contribution in [-0.2, 0) is 0 Å². The molecule has 0 aromatic carbocycles. The predicted octanol–water partition coefficient (Wildman–Crippen LogP) is 0.725. The van der Waals surface area contributed by atoms with E-state index in [0.717, 1.165) is 19.8 Å². The summed E-state index contributed by atoms with van der Waals surface area (Å²) < 4.78 is 0. The molecule has 0 aromatic heterocycles. The van der Waals surface area contributed by atoms with Crippen LogP contribution in [0.4, 0.5) is 0 Å². The van der Waals surface area contributed by atoms with Gasteiger partial charge in [0.05, 0.1) is 6.67 Å². The summed E-state index contributed by atoms with van der Waals surface area (Å²) in [4.78, 5) is 2.33. The third-order valence-electron chi connectivity index (χ3n) is 1.77. The Labute approximate surface area is 67.0 Å². The van der Waals surface area contributed by atoms with Gasteiger partial charge in [0.1, 0.15) is 0 Å². The third-order valence-corrected chi connectivity index (χ3v) is 1.77. The van der Waals surface area contributed by atoms with Crippen molar-refractivity contribution in [3.05, 3.63) is 23.9 Å². The van der Waals surface area contributed by atoms with Gasteiger partial charge in [0, 0.05) is 18.8 Å². The third kappa shape index (κ3) is 1.18. The van der Waals surface area contributed by atoms with Crippen molar-refractivity contribution in [2.75, 3.05) is 19.8 Å². The van der Waals surface area contributed by atoms with Crippen LogP contribution in [0.3, 0.4) is 0 Å². The largest absolute Gasteiger partial charge is 0.357 e. The summed E-state index contributed by atoms with van der Waals surface area (Å²) in [6.45, 7) is 3.15. The van der Waals surface area contributed by atoms with E-state index in [1.54, 1.807) is 0 Å². The quantitative estimate of drug-likeness (QED) is 0.559. The first kappa shape index (κ1) is 7.63. The maximum atomic E-state index is 3.28. The second-order valence-corrected chi connectivity index (χ2v) is 2.39. The molecule has 2 aliphatic heterocycles. The monoisotopic (exact) mass is 158 g/mol. The number of hydrogen-bond acceptors (Lipinski definition) is 2. The minimum absolute atomic E-state index is 0. The van der Waals surface area contributed by atoms with Gasteiger partial charge in [-0.25, -0.2) is 0 Å². The maximum Gasteiger partial charge on any atom is 0.0686 e. The van der Waals surface area contributed by atoms with Gasteiger partial charge in [0.25, 0.3) is 0 Å². The van der Waals surface area contributed by atoms with E-state index in [1.165, 1.54) is 5.70 Å². The van der Waals surface area contributed by atoms with Crippen molar-refractivity contribution in [2.24, 2.45) is 0 Å². The lowest BCUT2D eigenvalue weighted by molar-refractivity contribution is 0.420. The molecule has 0 aromatic rings. The molecule has 0 spiro atoms.